The topological polar surface area (TPSA) is 114 Å². The fourth-order valence-electron chi connectivity index (χ4n) is 4.71. The zero-order chi connectivity index (χ0) is 23.9. The van der Waals surface area contributed by atoms with E-state index >= 15 is 0 Å². The quantitative estimate of drug-likeness (QED) is 0.438. The molecule has 2 amide bonds. The van der Waals surface area contributed by atoms with Gasteiger partial charge in [0.25, 0.3) is 0 Å². The fourth-order valence-corrected chi connectivity index (χ4v) is 4.71. The monoisotopic (exact) mass is 466 g/mol. The zero-order valence-corrected chi connectivity index (χ0v) is 19.0. The summed E-state index contributed by atoms with van der Waals surface area (Å²) < 4.78 is 10.9. The van der Waals surface area contributed by atoms with Gasteiger partial charge in [0.05, 0.1) is 13.2 Å². The lowest BCUT2D eigenvalue weighted by atomic mass is 9.78. The van der Waals surface area contributed by atoms with E-state index in [1.807, 2.05) is 24.3 Å². The van der Waals surface area contributed by atoms with Crippen molar-refractivity contribution in [3.05, 3.63) is 59.7 Å². The number of nitrogens with one attached hydrogen (secondary N) is 2. The summed E-state index contributed by atoms with van der Waals surface area (Å²) in [4.78, 5) is 34.7. The molecule has 0 radical (unpaired) electrons. The minimum Gasteiger partial charge on any atom is -0.481 e. The summed E-state index contributed by atoms with van der Waals surface area (Å²) in [5, 5.41) is 14.3. The number of carboxylic acid groups (broad SMARTS) is 1. The molecule has 3 N–H and O–H groups in total. The highest BCUT2D eigenvalue weighted by molar-refractivity contribution is 5.79. The summed E-state index contributed by atoms with van der Waals surface area (Å²) >= 11 is 0. The number of rotatable bonds is 11. The second-order valence-electron chi connectivity index (χ2n) is 8.81. The first kappa shape index (κ1) is 23.8. The Kier molecular flexibility index (Phi) is 7.80. The van der Waals surface area contributed by atoms with Crippen LogP contribution in [0.15, 0.2) is 48.5 Å². The van der Waals surface area contributed by atoms with E-state index in [1.165, 1.54) is 11.1 Å². The van der Waals surface area contributed by atoms with Gasteiger partial charge in [-0.3, -0.25) is 9.59 Å². The van der Waals surface area contributed by atoms with Crippen molar-refractivity contribution in [1.82, 2.24) is 10.6 Å². The molecule has 0 saturated heterocycles. The Morgan fingerprint density at radius 1 is 0.941 bits per heavy atom. The SMILES string of the molecule is O=C(O)CC1CC(NC(=O)CCOCCNC(=O)OCC2c3ccccc3-c3ccccc32)C1. The average molecular weight is 467 g/mol. The molecule has 2 aromatic carbocycles. The van der Waals surface area contributed by atoms with E-state index in [2.05, 4.69) is 34.9 Å². The van der Waals surface area contributed by atoms with E-state index in [0.29, 0.717) is 12.8 Å². The lowest BCUT2D eigenvalue weighted by Gasteiger charge is -2.34. The first-order valence-corrected chi connectivity index (χ1v) is 11.7. The van der Waals surface area contributed by atoms with Crippen molar-refractivity contribution in [3.8, 4) is 11.1 Å². The molecule has 0 unspecified atom stereocenters. The number of fused-ring (bicyclic) bond motifs is 3. The maximum atomic E-state index is 12.1. The number of hydrogen-bond donors (Lipinski definition) is 3. The van der Waals surface area contributed by atoms with Gasteiger partial charge in [0.15, 0.2) is 0 Å². The molecule has 1 fully saturated rings. The summed E-state index contributed by atoms with van der Waals surface area (Å²) in [5.74, 6) is -0.732. The summed E-state index contributed by atoms with van der Waals surface area (Å²) in [5.41, 5.74) is 4.69. The third-order valence-corrected chi connectivity index (χ3v) is 6.40. The third kappa shape index (κ3) is 5.94. The second-order valence-corrected chi connectivity index (χ2v) is 8.81. The normalized spacial score (nSPS) is 18.4. The molecule has 0 heterocycles. The summed E-state index contributed by atoms with van der Waals surface area (Å²) in [6, 6.07) is 16.4. The molecule has 2 aliphatic rings. The van der Waals surface area contributed by atoms with Crippen molar-refractivity contribution in [3.63, 3.8) is 0 Å². The van der Waals surface area contributed by atoms with Gasteiger partial charge < -0.3 is 25.2 Å². The Morgan fingerprint density at radius 2 is 1.59 bits per heavy atom. The number of ether oxygens (including phenoxy) is 2. The molecule has 0 aliphatic heterocycles. The summed E-state index contributed by atoms with van der Waals surface area (Å²) in [6.07, 6.45) is 1.31. The van der Waals surface area contributed by atoms with Crippen molar-refractivity contribution in [2.75, 3.05) is 26.4 Å². The standard InChI is InChI=1S/C26H30N2O6/c29-24(28-18-13-17(14-18)15-25(30)31)9-11-33-12-10-27-26(32)34-16-23-21-7-3-1-5-19(21)20-6-2-4-8-22(20)23/h1-8,17-18,23H,9-16H2,(H,27,32)(H,28,29)(H,30,31). The molecule has 2 aliphatic carbocycles. The van der Waals surface area contributed by atoms with Gasteiger partial charge in [-0.1, -0.05) is 48.5 Å². The molecule has 180 valence electrons. The predicted octanol–water partition coefficient (Wildman–Crippen LogP) is 3.30. The number of carboxylic acids is 1. The van der Waals surface area contributed by atoms with Crippen LogP contribution in [0.2, 0.25) is 0 Å². The van der Waals surface area contributed by atoms with Crippen molar-refractivity contribution in [1.29, 1.82) is 0 Å². The third-order valence-electron chi connectivity index (χ3n) is 6.40. The van der Waals surface area contributed by atoms with Crippen LogP contribution < -0.4 is 10.6 Å². The highest BCUT2D eigenvalue weighted by atomic mass is 16.5. The number of aliphatic carboxylic acids is 1. The Labute approximate surface area is 198 Å². The van der Waals surface area contributed by atoms with Gasteiger partial charge in [-0.05, 0) is 41.0 Å². The maximum Gasteiger partial charge on any atom is 0.407 e. The zero-order valence-electron chi connectivity index (χ0n) is 19.0. The molecular weight excluding hydrogens is 436 g/mol. The molecule has 8 nitrogen and oxygen atoms in total. The lowest BCUT2D eigenvalue weighted by Crippen LogP contribution is -2.45. The van der Waals surface area contributed by atoms with Crippen molar-refractivity contribution in [2.24, 2.45) is 5.92 Å². The van der Waals surface area contributed by atoms with Crippen molar-refractivity contribution < 1.29 is 29.0 Å². The van der Waals surface area contributed by atoms with Crippen LogP contribution in [0, 0.1) is 5.92 Å². The van der Waals surface area contributed by atoms with Crippen LogP contribution in [-0.4, -0.2) is 55.5 Å². The highest BCUT2D eigenvalue weighted by Gasteiger charge is 2.31. The van der Waals surface area contributed by atoms with Crippen LogP contribution in [0.1, 0.15) is 42.7 Å². The minimum atomic E-state index is -0.796. The number of hydrogen-bond acceptors (Lipinski definition) is 5. The molecule has 4 rings (SSSR count). The fraction of sp³-hybridized carbons (Fsp3) is 0.423. The van der Waals surface area contributed by atoms with E-state index < -0.39 is 12.1 Å². The van der Waals surface area contributed by atoms with Gasteiger partial charge in [-0.2, -0.15) is 0 Å². The summed E-state index contributed by atoms with van der Waals surface area (Å²) in [7, 11) is 0. The number of amides is 2. The van der Waals surface area contributed by atoms with E-state index in [-0.39, 0.29) is 63.0 Å². The van der Waals surface area contributed by atoms with Crippen molar-refractivity contribution in [2.45, 2.75) is 37.6 Å². The Balaban J connectivity index is 1.08. The van der Waals surface area contributed by atoms with Crippen LogP contribution in [0.25, 0.3) is 11.1 Å². The second kappa shape index (κ2) is 11.2. The first-order chi connectivity index (χ1) is 16.5. The Bertz CT molecular complexity index is 988. The molecule has 0 aromatic heterocycles. The van der Waals surface area contributed by atoms with E-state index in [0.717, 1.165) is 11.1 Å². The molecule has 1 saturated carbocycles. The molecule has 34 heavy (non-hydrogen) atoms. The molecule has 8 heteroatoms. The number of benzene rings is 2. The lowest BCUT2D eigenvalue weighted by molar-refractivity contribution is -0.139. The summed E-state index contributed by atoms with van der Waals surface area (Å²) in [6.45, 7) is 1.08. The Hall–Kier alpha value is -3.39. The van der Waals surface area contributed by atoms with Gasteiger partial charge in [0.2, 0.25) is 5.91 Å². The van der Waals surface area contributed by atoms with Gasteiger partial charge in [0, 0.05) is 31.3 Å². The van der Waals surface area contributed by atoms with Gasteiger partial charge in [-0.15, -0.1) is 0 Å². The van der Waals surface area contributed by atoms with Gasteiger partial charge in [0.1, 0.15) is 6.61 Å². The first-order valence-electron chi connectivity index (χ1n) is 11.7. The van der Waals surface area contributed by atoms with E-state index in [4.69, 9.17) is 14.6 Å². The van der Waals surface area contributed by atoms with Crippen LogP contribution in [0.5, 0.6) is 0 Å². The van der Waals surface area contributed by atoms with E-state index in [1.54, 1.807) is 0 Å². The van der Waals surface area contributed by atoms with Gasteiger partial charge in [-0.25, -0.2) is 4.79 Å². The van der Waals surface area contributed by atoms with E-state index in [9.17, 15) is 14.4 Å². The van der Waals surface area contributed by atoms with Crippen LogP contribution in [0.4, 0.5) is 4.79 Å². The number of carbonyl (C=O) groups is 3. The van der Waals surface area contributed by atoms with Crippen molar-refractivity contribution >= 4 is 18.0 Å². The molecular formula is C26H30N2O6. The predicted molar refractivity (Wildman–Crippen MR) is 125 cm³/mol. The minimum absolute atomic E-state index is 0.0167. The van der Waals surface area contributed by atoms with Crippen LogP contribution in [-0.2, 0) is 19.1 Å². The number of carbonyl (C=O) groups excluding carboxylic acids is 2. The molecule has 0 atom stereocenters. The largest absolute Gasteiger partial charge is 0.481 e. The molecule has 2 aromatic rings. The smallest absolute Gasteiger partial charge is 0.407 e. The highest BCUT2D eigenvalue weighted by Crippen LogP contribution is 2.44. The number of alkyl carbamates (subject to hydrolysis) is 1. The molecule has 0 spiro atoms. The van der Waals surface area contributed by atoms with Crippen LogP contribution >= 0.6 is 0 Å². The van der Waals surface area contributed by atoms with Crippen LogP contribution in [0.3, 0.4) is 0 Å². The average Bonchev–Trinajstić information content (AvgIpc) is 3.12. The maximum absolute atomic E-state index is 12.1. The van der Waals surface area contributed by atoms with Gasteiger partial charge >= 0.3 is 12.1 Å². The molecule has 0 bridgehead atoms. The Morgan fingerprint density at radius 3 is 2.24 bits per heavy atom.